The number of rotatable bonds is 9. The third-order valence-electron chi connectivity index (χ3n) is 4.68. The summed E-state index contributed by atoms with van der Waals surface area (Å²) < 4.78 is 54.3. The first-order valence-electron chi connectivity index (χ1n) is 10.1. The Kier molecular flexibility index (Phi) is 7.97. The lowest BCUT2D eigenvalue weighted by atomic mass is 10.1. The Bertz CT molecular complexity index is 1160. The topological polar surface area (TPSA) is 104 Å². The van der Waals surface area contributed by atoms with Gasteiger partial charge in [-0.1, -0.05) is 43.7 Å². The molecule has 33 heavy (non-hydrogen) atoms. The summed E-state index contributed by atoms with van der Waals surface area (Å²) in [6, 6.07) is 13.1. The number of hydrogen-bond acceptors (Lipinski definition) is 6. The predicted octanol–water partition coefficient (Wildman–Crippen LogP) is 5.23. The van der Waals surface area contributed by atoms with Crippen LogP contribution in [-0.2, 0) is 31.3 Å². The maximum Gasteiger partial charge on any atom is 0.419 e. The molecule has 1 N–H and O–H groups in total. The van der Waals surface area contributed by atoms with Gasteiger partial charge in [0, 0.05) is 5.39 Å². The van der Waals surface area contributed by atoms with Crippen LogP contribution in [0.4, 0.5) is 13.6 Å². The summed E-state index contributed by atoms with van der Waals surface area (Å²) in [5.74, 6) is -0.818. The smallest absolute Gasteiger partial charge is 0.419 e. The number of ether oxygens (including phenoxy) is 2. The summed E-state index contributed by atoms with van der Waals surface area (Å²) in [5.41, 5.74) is -0.0845. The highest BCUT2D eigenvalue weighted by Crippen LogP contribution is 2.39. The number of halogens is 2. The number of benzene rings is 2. The van der Waals surface area contributed by atoms with Crippen molar-refractivity contribution >= 4 is 31.2 Å². The first kappa shape index (κ1) is 24.6. The molecule has 0 spiro atoms. The van der Waals surface area contributed by atoms with Crippen LogP contribution in [0.25, 0.3) is 10.9 Å². The molecule has 1 aromatic heterocycles. The molecule has 1 unspecified atom stereocenters. The predicted molar refractivity (Wildman–Crippen MR) is 115 cm³/mol. The van der Waals surface area contributed by atoms with Gasteiger partial charge in [-0.2, -0.15) is 8.78 Å². The highest BCUT2D eigenvalue weighted by molar-refractivity contribution is 7.32. The molecule has 0 saturated carbocycles. The minimum absolute atomic E-state index is 0.0710. The van der Waals surface area contributed by atoms with Crippen LogP contribution < -0.4 is 0 Å². The van der Waals surface area contributed by atoms with Crippen molar-refractivity contribution in [1.82, 2.24) is 4.57 Å². The standard InChI is InChI=1S/C22H22F2NO7P/c1-2-3-11-30-20(26)19-13-16-12-17(22(23,24)32-33(28)29)9-10-18(16)25(19)21(27)31-14-15-7-5-4-6-8-15/h4-10,12-13,33H,2-3,11,14H2,1H3,(H,28,29). The van der Waals surface area contributed by atoms with Gasteiger partial charge in [-0.05, 0) is 36.2 Å². The first-order chi connectivity index (χ1) is 15.7. The molecule has 3 aromatic rings. The fourth-order valence-corrected chi connectivity index (χ4v) is 3.42. The van der Waals surface area contributed by atoms with Crippen LogP contribution in [-0.4, -0.2) is 28.1 Å². The van der Waals surface area contributed by atoms with E-state index in [1.54, 1.807) is 30.3 Å². The van der Waals surface area contributed by atoms with Crippen molar-refractivity contribution in [3.63, 3.8) is 0 Å². The molecule has 8 nitrogen and oxygen atoms in total. The SMILES string of the molecule is CCCCOC(=O)c1cc2cc(C(F)(F)O[PH](=O)O)ccc2n1C(=O)OCc1ccccc1. The zero-order chi connectivity index (χ0) is 24.0. The number of carbonyl (C=O) groups is 2. The van der Waals surface area contributed by atoms with Crippen LogP contribution >= 0.6 is 8.25 Å². The molecule has 0 aliphatic rings. The minimum atomic E-state index is -4.04. The van der Waals surface area contributed by atoms with Crippen LogP contribution in [0.2, 0.25) is 0 Å². The average molecular weight is 481 g/mol. The van der Waals surface area contributed by atoms with E-state index in [-0.39, 0.29) is 29.8 Å². The normalized spacial score (nSPS) is 12.5. The number of aromatic nitrogens is 1. The summed E-state index contributed by atoms with van der Waals surface area (Å²) in [5, 5.41) is 0.0903. The molecule has 1 heterocycles. The fourth-order valence-electron chi connectivity index (χ4n) is 3.08. The number of fused-ring (bicyclic) bond motifs is 1. The maximum atomic E-state index is 14.1. The van der Waals surface area contributed by atoms with Gasteiger partial charge < -0.3 is 14.4 Å². The Morgan fingerprint density at radius 1 is 1.09 bits per heavy atom. The number of alkyl halides is 2. The Morgan fingerprint density at radius 2 is 1.82 bits per heavy atom. The van der Waals surface area contributed by atoms with Crippen molar-refractivity contribution in [3.8, 4) is 0 Å². The van der Waals surface area contributed by atoms with E-state index in [4.69, 9.17) is 14.4 Å². The average Bonchev–Trinajstić information content (AvgIpc) is 3.16. The van der Waals surface area contributed by atoms with Crippen molar-refractivity contribution < 1.29 is 41.8 Å². The first-order valence-corrected chi connectivity index (χ1v) is 11.3. The molecule has 0 aliphatic carbocycles. The van der Waals surface area contributed by atoms with Gasteiger partial charge in [0.15, 0.2) is 0 Å². The third-order valence-corrected chi connectivity index (χ3v) is 5.11. The van der Waals surface area contributed by atoms with Crippen molar-refractivity contribution in [2.45, 2.75) is 32.5 Å². The highest BCUT2D eigenvalue weighted by Gasteiger charge is 2.36. The molecule has 11 heteroatoms. The van der Waals surface area contributed by atoms with Crippen molar-refractivity contribution in [2.24, 2.45) is 0 Å². The van der Waals surface area contributed by atoms with E-state index in [0.717, 1.165) is 23.1 Å². The molecule has 3 rings (SSSR count). The summed E-state index contributed by atoms with van der Waals surface area (Å²) >= 11 is 0. The summed E-state index contributed by atoms with van der Waals surface area (Å²) in [7, 11) is -3.92. The Labute approximate surface area is 188 Å². The third kappa shape index (κ3) is 6.04. The maximum absolute atomic E-state index is 14.1. The molecule has 0 saturated heterocycles. The number of hydrogen-bond donors (Lipinski definition) is 1. The zero-order valence-electron chi connectivity index (χ0n) is 17.6. The van der Waals surface area contributed by atoms with Gasteiger partial charge in [0.1, 0.15) is 12.3 Å². The van der Waals surface area contributed by atoms with Crippen LogP contribution in [0, 0.1) is 0 Å². The molecular formula is C22H22F2NO7P. The molecule has 0 amide bonds. The molecular weight excluding hydrogens is 459 g/mol. The molecule has 0 radical (unpaired) electrons. The largest absolute Gasteiger partial charge is 0.461 e. The second kappa shape index (κ2) is 10.7. The van der Waals surface area contributed by atoms with E-state index in [1.807, 2.05) is 6.92 Å². The van der Waals surface area contributed by atoms with E-state index in [1.165, 1.54) is 12.1 Å². The lowest BCUT2D eigenvalue weighted by Crippen LogP contribution is -2.20. The van der Waals surface area contributed by atoms with E-state index >= 15 is 0 Å². The second-order valence-electron chi connectivity index (χ2n) is 7.05. The Hall–Kier alpha value is -3.07. The van der Waals surface area contributed by atoms with Gasteiger partial charge in [-0.25, -0.2) is 18.7 Å². The van der Waals surface area contributed by atoms with Crippen LogP contribution in [0.3, 0.4) is 0 Å². The van der Waals surface area contributed by atoms with E-state index in [2.05, 4.69) is 4.52 Å². The molecule has 0 bridgehead atoms. The lowest BCUT2D eigenvalue weighted by molar-refractivity contribution is -0.185. The van der Waals surface area contributed by atoms with Gasteiger partial charge in [0.05, 0.1) is 17.7 Å². The van der Waals surface area contributed by atoms with Gasteiger partial charge >= 0.3 is 26.4 Å². The van der Waals surface area contributed by atoms with E-state index in [0.29, 0.717) is 12.0 Å². The Morgan fingerprint density at radius 3 is 2.48 bits per heavy atom. The van der Waals surface area contributed by atoms with Crippen LogP contribution in [0.15, 0.2) is 54.6 Å². The zero-order valence-corrected chi connectivity index (χ0v) is 18.6. The van der Waals surface area contributed by atoms with Gasteiger partial charge in [-0.15, -0.1) is 0 Å². The van der Waals surface area contributed by atoms with E-state index in [9.17, 15) is 22.9 Å². The number of nitrogens with zero attached hydrogens (tertiary/aromatic N) is 1. The molecule has 0 fully saturated rings. The van der Waals surface area contributed by atoms with Crippen LogP contribution in [0.5, 0.6) is 0 Å². The van der Waals surface area contributed by atoms with Crippen LogP contribution in [0.1, 0.15) is 41.4 Å². The van der Waals surface area contributed by atoms with Crippen molar-refractivity contribution in [1.29, 1.82) is 0 Å². The number of carbonyl (C=O) groups excluding carboxylic acids is 2. The molecule has 0 aliphatic heterocycles. The number of esters is 1. The lowest BCUT2D eigenvalue weighted by Gasteiger charge is -2.15. The monoisotopic (exact) mass is 481 g/mol. The fraction of sp³-hybridized carbons (Fsp3) is 0.273. The number of unbranched alkanes of at least 4 members (excludes halogenated alkanes) is 1. The summed E-state index contributed by atoms with van der Waals surface area (Å²) in [6.07, 6.45) is -3.55. The summed E-state index contributed by atoms with van der Waals surface area (Å²) in [6.45, 7) is 1.97. The quantitative estimate of drug-likeness (QED) is 0.254. The van der Waals surface area contributed by atoms with Gasteiger partial charge in [0.2, 0.25) is 0 Å². The molecule has 176 valence electrons. The van der Waals surface area contributed by atoms with Crippen molar-refractivity contribution in [3.05, 3.63) is 71.4 Å². The van der Waals surface area contributed by atoms with Gasteiger partial charge in [0.25, 0.3) is 0 Å². The summed E-state index contributed by atoms with van der Waals surface area (Å²) in [4.78, 5) is 34.2. The van der Waals surface area contributed by atoms with E-state index < -0.39 is 32.0 Å². The second-order valence-corrected chi connectivity index (χ2v) is 7.79. The molecule has 1 atom stereocenters. The molecule has 2 aromatic carbocycles. The minimum Gasteiger partial charge on any atom is -0.461 e. The van der Waals surface area contributed by atoms with Crippen molar-refractivity contribution in [2.75, 3.05) is 6.61 Å². The Balaban J connectivity index is 1.98. The van der Waals surface area contributed by atoms with Gasteiger partial charge in [-0.3, -0.25) is 4.57 Å². The highest BCUT2D eigenvalue weighted by atomic mass is 31.1.